The highest BCUT2D eigenvalue weighted by Gasteiger charge is 2.38. The highest BCUT2D eigenvalue weighted by atomic mass is 16.5. The molecule has 2 fully saturated rings. The van der Waals surface area contributed by atoms with E-state index in [-0.39, 0.29) is 12.2 Å². The van der Waals surface area contributed by atoms with E-state index in [4.69, 9.17) is 19.9 Å². The zero-order valence-corrected chi connectivity index (χ0v) is 11.5. The summed E-state index contributed by atoms with van der Waals surface area (Å²) in [6, 6.07) is 0.392. The van der Waals surface area contributed by atoms with Crippen molar-refractivity contribution in [1.82, 2.24) is 4.90 Å². The third-order valence-corrected chi connectivity index (χ3v) is 4.30. The number of ether oxygens (including phenoxy) is 3. The zero-order chi connectivity index (χ0) is 13.0. The maximum Gasteiger partial charge on any atom is 0.0971 e. The van der Waals surface area contributed by atoms with Crippen LogP contribution in [0.1, 0.15) is 12.8 Å². The Morgan fingerprint density at radius 3 is 2.39 bits per heavy atom. The lowest BCUT2D eigenvalue weighted by Crippen LogP contribution is -2.47. The van der Waals surface area contributed by atoms with E-state index in [9.17, 15) is 0 Å². The van der Waals surface area contributed by atoms with Crippen molar-refractivity contribution < 1.29 is 14.2 Å². The van der Waals surface area contributed by atoms with Gasteiger partial charge in [0.1, 0.15) is 0 Å². The number of rotatable bonds is 5. The van der Waals surface area contributed by atoms with E-state index in [1.54, 1.807) is 14.2 Å². The van der Waals surface area contributed by atoms with E-state index < -0.39 is 0 Å². The molecular weight excluding hydrogens is 232 g/mol. The van der Waals surface area contributed by atoms with Gasteiger partial charge in [0.15, 0.2) is 0 Å². The summed E-state index contributed by atoms with van der Waals surface area (Å²) in [5.74, 6) is 0.553. The summed E-state index contributed by atoms with van der Waals surface area (Å²) in [5, 5.41) is 0. The van der Waals surface area contributed by atoms with Crippen LogP contribution in [0.2, 0.25) is 0 Å². The summed E-state index contributed by atoms with van der Waals surface area (Å²) in [4.78, 5) is 2.42. The third-order valence-electron chi connectivity index (χ3n) is 4.30. The van der Waals surface area contributed by atoms with Gasteiger partial charge in [-0.3, -0.25) is 4.90 Å². The predicted octanol–water partition coefficient (Wildman–Crippen LogP) is 0.0859. The molecule has 0 aromatic carbocycles. The van der Waals surface area contributed by atoms with Gasteiger partial charge >= 0.3 is 0 Å². The number of hydrogen-bond donors (Lipinski definition) is 1. The molecule has 2 rings (SSSR count). The fraction of sp³-hybridized carbons (Fsp3) is 1.00. The molecule has 0 saturated carbocycles. The Morgan fingerprint density at radius 2 is 1.94 bits per heavy atom. The summed E-state index contributed by atoms with van der Waals surface area (Å²) in [5.41, 5.74) is 5.98. The molecule has 0 radical (unpaired) electrons. The normalized spacial score (nSPS) is 35.8. The maximum absolute atomic E-state index is 5.98. The van der Waals surface area contributed by atoms with Crippen LogP contribution in [0, 0.1) is 5.92 Å². The van der Waals surface area contributed by atoms with Crippen LogP contribution in [-0.2, 0) is 14.2 Å². The van der Waals surface area contributed by atoms with Gasteiger partial charge in [-0.15, -0.1) is 0 Å². The summed E-state index contributed by atoms with van der Waals surface area (Å²) in [7, 11) is 3.50. The van der Waals surface area contributed by atoms with E-state index >= 15 is 0 Å². The molecule has 0 aromatic heterocycles. The average Bonchev–Trinajstić information content (AvgIpc) is 2.84. The van der Waals surface area contributed by atoms with Crippen LogP contribution in [0.15, 0.2) is 0 Å². The topological polar surface area (TPSA) is 57.0 Å². The van der Waals surface area contributed by atoms with Crippen LogP contribution >= 0.6 is 0 Å². The summed E-state index contributed by atoms with van der Waals surface area (Å²) in [6.07, 6.45) is 2.69. The van der Waals surface area contributed by atoms with Crippen molar-refractivity contribution in [3.05, 3.63) is 0 Å². The van der Waals surface area contributed by atoms with Crippen molar-refractivity contribution >= 4 is 0 Å². The molecule has 4 atom stereocenters. The highest BCUT2D eigenvalue weighted by molar-refractivity contribution is 4.92. The van der Waals surface area contributed by atoms with Gasteiger partial charge < -0.3 is 19.9 Å². The van der Waals surface area contributed by atoms with Gasteiger partial charge in [-0.1, -0.05) is 0 Å². The number of nitrogens with two attached hydrogens (primary N) is 1. The lowest BCUT2D eigenvalue weighted by atomic mass is 9.93. The van der Waals surface area contributed by atoms with Crippen LogP contribution in [-0.4, -0.2) is 70.2 Å². The number of likely N-dealkylation sites (tertiary alicyclic amines) is 1. The minimum Gasteiger partial charge on any atom is -0.381 e. The quantitative estimate of drug-likeness (QED) is 0.757. The molecule has 106 valence electrons. The van der Waals surface area contributed by atoms with E-state index in [0.29, 0.717) is 18.5 Å². The monoisotopic (exact) mass is 258 g/mol. The molecule has 5 nitrogen and oxygen atoms in total. The van der Waals surface area contributed by atoms with Gasteiger partial charge in [-0.2, -0.15) is 0 Å². The van der Waals surface area contributed by atoms with Crippen LogP contribution < -0.4 is 5.73 Å². The number of hydrogen-bond acceptors (Lipinski definition) is 5. The van der Waals surface area contributed by atoms with E-state index in [2.05, 4.69) is 4.90 Å². The van der Waals surface area contributed by atoms with E-state index in [1.165, 1.54) is 6.42 Å². The molecule has 0 aromatic rings. The van der Waals surface area contributed by atoms with Crippen molar-refractivity contribution in [3.63, 3.8) is 0 Å². The zero-order valence-electron chi connectivity index (χ0n) is 11.5. The molecule has 2 N–H and O–H groups in total. The van der Waals surface area contributed by atoms with Gasteiger partial charge in [-0.05, 0) is 18.8 Å². The number of methoxy groups -OCH3 is 2. The Morgan fingerprint density at radius 1 is 1.28 bits per heavy atom. The number of nitrogens with zero attached hydrogens (tertiary/aromatic N) is 1. The van der Waals surface area contributed by atoms with E-state index in [0.717, 1.165) is 32.7 Å². The Bertz CT molecular complexity index is 234. The Kier molecular flexibility index (Phi) is 5.38. The second-order valence-corrected chi connectivity index (χ2v) is 5.28. The predicted molar refractivity (Wildman–Crippen MR) is 69.6 cm³/mol. The molecule has 0 spiro atoms. The van der Waals surface area contributed by atoms with Gasteiger partial charge in [0.25, 0.3) is 0 Å². The van der Waals surface area contributed by atoms with Gasteiger partial charge in [0, 0.05) is 46.5 Å². The van der Waals surface area contributed by atoms with Crippen LogP contribution in [0.4, 0.5) is 0 Å². The first-order valence-electron chi connectivity index (χ1n) is 6.87. The lowest BCUT2D eigenvalue weighted by molar-refractivity contribution is -0.00461. The van der Waals surface area contributed by atoms with Crippen molar-refractivity contribution in [3.8, 4) is 0 Å². The molecule has 2 saturated heterocycles. The van der Waals surface area contributed by atoms with Crippen molar-refractivity contribution in [2.45, 2.75) is 31.1 Å². The van der Waals surface area contributed by atoms with Crippen molar-refractivity contribution in [2.24, 2.45) is 11.7 Å². The molecule has 18 heavy (non-hydrogen) atoms. The maximum atomic E-state index is 5.98. The highest BCUT2D eigenvalue weighted by Crippen LogP contribution is 2.26. The molecule has 2 heterocycles. The molecule has 2 aliphatic heterocycles. The minimum absolute atomic E-state index is 0.161. The van der Waals surface area contributed by atoms with Crippen LogP contribution in [0.5, 0.6) is 0 Å². The third kappa shape index (κ3) is 3.03. The largest absolute Gasteiger partial charge is 0.381 e. The standard InChI is InChI=1S/C13H26N2O3/c1-16-12-7-15(8-13(12)17-2)11(6-14)10-4-3-5-18-9-10/h10-13H,3-9,14H2,1-2H3. The van der Waals surface area contributed by atoms with E-state index in [1.807, 2.05) is 0 Å². The first kappa shape index (κ1) is 14.2. The second-order valence-electron chi connectivity index (χ2n) is 5.28. The molecule has 2 aliphatic rings. The molecule has 5 heteroatoms. The summed E-state index contributed by atoms with van der Waals surface area (Å²) in [6.45, 7) is 4.24. The minimum atomic E-state index is 0.161. The average molecular weight is 258 g/mol. The van der Waals surface area contributed by atoms with Gasteiger partial charge in [0.2, 0.25) is 0 Å². The first-order valence-corrected chi connectivity index (χ1v) is 6.87. The summed E-state index contributed by atoms with van der Waals surface area (Å²) < 4.78 is 16.6. The molecular formula is C13H26N2O3. The lowest BCUT2D eigenvalue weighted by Gasteiger charge is -2.35. The first-order chi connectivity index (χ1) is 8.80. The van der Waals surface area contributed by atoms with Crippen LogP contribution in [0.3, 0.4) is 0 Å². The van der Waals surface area contributed by atoms with Crippen molar-refractivity contribution in [1.29, 1.82) is 0 Å². The Labute approximate surface area is 110 Å². The second kappa shape index (κ2) is 6.82. The molecule has 0 amide bonds. The fourth-order valence-corrected chi connectivity index (χ4v) is 3.20. The SMILES string of the molecule is COC1CN(C(CN)C2CCCOC2)CC1OC. The van der Waals surface area contributed by atoms with Gasteiger partial charge in [-0.25, -0.2) is 0 Å². The van der Waals surface area contributed by atoms with Crippen molar-refractivity contribution in [2.75, 3.05) is 47.1 Å². The Balaban J connectivity index is 1.95. The fourth-order valence-electron chi connectivity index (χ4n) is 3.20. The Hall–Kier alpha value is -0.200. The summed E-state index contributed by atoms with van der Waals surface area (Å²) >= 11 is 0. The smallest absolute Gasteiger partial charge is 0.0971 e. The van der Waals surface area contributed by atoms with Gasteiger partial charge in [0.05, 0.1) is 18.8 Å². The molecule has 4 unspecified atom stereocenters. The van der Waals surface area contributed by atoms with Crippen LogP contribution in [0.25, 0.3) is 0 Å². The molecule has 0 aliphatic carbocycles. The molecule has 0 bridgehead atoms.